The summed E-state index contributed by atoms with van der Waals surface area (Å²) in [6.45, 7) is 2.24. The van der Waals surface area contributed by atoms with Crippen molar-refractivity contribution >= 4 is 24.2 Å². The molecule has 3 rings (SSSR count). The Morgan fingerprint density at radius 3 is 1.81 bits per heavy atom. The van der Waals surface area contributed by atoms with Crippen LogP contribution in [0.4, 0.5) is 0 Å². The Kier molecular flexibility index (Phi) is 8.01. The van der Waals surface area contributed by atoms with Gasteiger partial charge in [0.15, 0.2) is 0 Å². The maximum atomic E-state index is 11.8. The van der Waals surface area contributed by atoms with Gasteiger partial charge in [0, 0.05) is 6.08 Å². The lowest BCUT2D eigenvalue weighted by Crippen LogP contribution is -1.99. The molecule has 0 amide bonds. The van der Waals surface area contributed by atoms with E-state index in [1.807, 2.05) is 49.4 Å². The predicted octanol–water partition coefficient (Wildman–Crippen LogP) is 6.67. The molecule has 3 aromatic rings. The van der Waals surface area contributed by atoms with E-state index in [2.05, 4.69) is 54.6 Å². The van der Waals surface area contributed by atoms with E-state index in [0.29, 0.717) is 0 Å². The molecule has 0 saturated heterocycles. The lowest BCUT2D eigenvalue weighted by Gasteiger charge is -2.03. The van der Waals surface area contributed by atoms with Crippen molar-refractivity contribution in [3.05, 3.63) is 108 Å². The fourth-order valence-electron chi connectivity index (χ4n) is 3.01. The van der Waals surface area contributed by atoms with E-state index in [1.165, 1.54) is 22.8 Å². The van der Waals surface area contributed by atoms with Crippen molar-refractivity contribution in [1.29, 1.82) is 0 Å². The number of carbonyl (C=O) groups is 1. The molecular formula is C28H26O3. The zero-order valence-electron chi connectivity index (χ0n) is 17.8. The first-order valence-corrected chi connectivity index (χ1v) is 10.2. The van der Waals surface area contributed by atoms with Crippen molar-refractivity contribution in [1.82, 2.24) is 0 Å². The molecule has 3 heteroatoms. The van der Waals surface area contributed by atoms with E-state index in [0.717, 1.165) is 16.9 Å². The molecule has 0 aromatic heterocycles. The summed E-state index contributed by atoms with van der Waals surface area (Å²) in [6, 6.07) is 24.2. The van der Waals surface area contributed by atoms with Crippen LogP contribution in [-0.4, -0.2) is 19.7 Å². The lowest BCUT2D eigenvalue weighted by atomic mass is 10.0. The molecule has 3 aromatic carbocycles. The molecule has 0 saturated carbocycles. The average Bonchev–Trinajstić information content (AvgIpc) is 2.82. The maximum Gasteiger partial charge on any atom is 0.331 e. The molecule has 156 valence electrons. The van der Waals surface area contributed by atoms with E-state index in [1.54, 1.807) is 13.2 Å². The third kappa shape index (κ3) is 6.86. The molecule has 0 heterocycles. The summed E-state index contributed by atoms with van der Waals surface area (Å²) in [5.74, 6) is 0.400. The average molecular weight is 411 g/mol. The van der Waals surface area contributed by atoms with Crippen molar-refractivity contribution in [2.75, 3.05) is 13.7 Å². The van der Waals surface area contributed by atoms with Crippen LogP contribution < -0.4 is 4.74 Å². The van der Waals surface area contributed by atoms with Gasteiger partial charge in [0.2, 0.25) is 0 Å². The Hall–Kier alpha value is -3.85. The van der Waals surface area contributed by atoms with Gasteiger partial charge in [0.05, 0.1) is 7.11 Å². The lowest BCUT2D eigenvalue weighted by molar-refractivity contribution is -0.136. The Balaban J connectivity index is 1.48. The SMILES string of the molecule is C/C=C/c1ccc(-c2ccc(/C=C/COC(=O)/C=C/c3ccc(OC)cc3)cc2)cc1. The zero-order valence-corrected chi connectivity index (χ0v) is 17.8. The number of methoxy groups -OCH3 is 1. The molecule has 0 spiro atoms. The summed E-state index contributed by atoms with van der Waals surface area (Å²) in [5.41, 5.74) is 5.50. The Morgan fingerprint density at radius 1 is 0.742 bits per heavy atom. The second-order valence-corrected chi connectivity index (χ2v) is 6.88. The van der Waals surface area contributed by atoms with E-state index >= 15 is 0 Å². The highest BCUT2D eigenvalue weighted by Crippen LogP contribution is 2.21. The van der Waals surface area contributed by atoms with Gasteiger partial charge in [0.1, 0.15) is 12.4 Å². The van der Waals surface area contributed by atoms with E-state index in [-0.39, 0.29) is 12.6 Å². The summed E-state index contributed by atoms with van der Waals surface area (Å²) in [5, 5.41) is 0. The second-order valence-electron chi connectivity index (χ2n) is 6.88. The zero-order chi connectivity index (χ0) is 21.9. The summed E-state index contributed by atoms with van der Waals surface area (Å²) >= 11 is 0. The first-order valence-electron chi connectivity index (χ1n) is 10.2. The first-order chi connectivity index (χ1) is 15.2. The van der Waals surface area contributed by atoms with Gasteiger partial charge < -0.3 is 9.47 Å². The van der Waals surface area contributed by atoms with Crippen molar-refractivity contribution in [3.63, 3.8) is 0 Å². The number of rotatable bonds is 8. The van der Waals surface area contributed by atoms with Crippen LogP contribution in [0.1, 0.15) is 23.6 Å². The van der Waals surface area contributed by atoms with Crippen LogP contribution in [0.15, 0.2) is 91.0 Å². The van der Waals surface area contributed by atoms with Crippen LogP contribution in [-0.2, 0) is 9.53 Å². The standard InChI is InChI=1S/C28H26O3/c1-3-5-22-7-14-25(15-8-22)26-16-9-23(10-17-26)6-4-21-31-28(29)20-13-24-11-18-27(30-2)19-12-24/h3-20H,21H2,1-2H3/b5-3+,6-4+,20-13+. The minimum Gasteiger partial charge on any atom is -0.497 e. The highest BCUT2D eigenvalue weighted by Gasteiger charge is 1.98. The molecule has 0 bridgehead atoms. The van der Waals surface area contributed by atoms with Gasteiger partial charge in [-0.25, -0.2) is 4.79 Å². The number of allylic oxidation sites excluding steroid dienone is 1. The number of carbonyl (C=O) groups excluding carboxylic acids is 1. The first kappa shape index (κ1) is 21.8. The van der Waals surface area contributed by atoms with E-state index in [4.69, 9.17) is 9.47 Å². The van der Waals surface area contributed by atoms with Gasteiger partial charge in [-0.05, 0) is 59.0 Å². The molecule has 0 aliphatic carbocycles. The number of ether oxygens (including phenoxy) is 2. The number of hydrogen-bond acceptors (Lipinski definition) is 3. The molecule has 0 radical (unpaired) electrons. The van der Waals surface area contributed by atoms with Crippen molar-refractivity contribution in [3.8, 4) is 16.9 Å². The Bertz CT molecular complexity index is 1050. The van der Waals surface area contributed by atoms with Crippen molar-refractivity contribution in [2.24, 2.45) is 0 Å². The van der Waals surface area contributed by atoms with Crippen LogP contribution >= 0.6 is 0 Å². The largest absolute Gasteiger partial charge is 0.497 e. The van der Waals surface area contributed by atoms with Gasteiger partial charge >= 0.3 is 5.97 Å². The monoisotopic (exact) mass is 410 g/mol. The molecule has 3 nitrogen and oxygen atoms in total. The minimum absolute atomic E-state index is 0.222. The Morgan fingerprint density at radius 2 is 1.26 bits per heavy atom. The van der Waals surface area contributed by atoms with Gasteiger partial charge in [-0.15, -0.1) is 0 Å². The molecule has 0 aliphatic rings. The molecular weight excluding hydrogens is 384 g/mol. The highest BCUT2D eigenvalue weighted by atomic mass is 16.5. The van der Waals surface area contributed by atoms with Gasteiger partial charge in [-0.2, -0.15) is 0 Å². The molecule has 0 N–H and O–H groups in total. The third-order valence-electron chi connectivity index (χ3n) is 4.67. The van der Waals surface area contributed by atoms with Crippen LogP contribution in [0.3, 0.4) is 0 Å². The summed E-state index contributed by atoms with van der Waals surface area (Å²) in [6.07, 6.45) is 11.0. The van der Waals surface area contributed by atoms with Crippen molar-refractivity contribution < 1.29 is 14.3 Å². The van der Waals surface area contributed by atoms with E-state index < -0.39 is 0 Å². The van der Waals surface area contributed by atoms with Gasteiger partial charge in [0.25, 0.3) is 0 Å². The van der Waals surface area contributed by atoms with Gasteiger partial charge in [-0.1, -0.05) is 78.9 Å². The fraction of sp³-hybridized carbons (Fsp3) is 0.107. The molecule has 0 atom stereocenters. The Labute approximate surface area is 184 Å². The van der Waals surface area contributed by atoms with Crippen LogP contribution in [0.5, 0.6) is 5.75 Å². The summed E-state index contributed by atoms with van der Waals surface area (Å²) < 4.78 is 10.3. The normalized spacial score (nSPS) is 11.4. The number of benzene rings is 3. The molecule has 0 unspecified atom stereocenters. The minimum atomic E-state index is -0.378. The third-order valence-corrected chi connectivity index (χ3v) is 4.67. The summed E-state index contributed by atoms with van der Waals surface area (Å²) in [7, 11) is 1.62. The molecule has 0 fully saturated rings. The molecule has 31 heavy (non-hydrogen) atoms. The van der Waals surface area contributed by atoms with Crippen LogP contribution in [0.2, 0.25) is 0 Å². The fourth-order valence-corrected chi connectivity index (χ4v) is 3.01. The summed E-state index contributed by atoms with van der Waals surface area (Å²) in [4.78, 5) is 11.8. The highest BCUT2D eigenvalue weighted by molar-refractivity contribution is 5.87. The topological polar surface area (TPSA) is 35.5 Å². The smallest absolute Gasteiger partial charge is 0.331 e. The van der Waals surface area contributed by atoms with Crippen LogP contribution in [0.25, 0.3) is 29.4 Å². The quantitative estimate of drug-likeness (QED) is 0.307. The number of esters is 1. The van der Waals surface area contributed by atoms with Crippen molar-refractivity contribution in [2.45, 2.75) is 6.92 Å². The number of hydrogen-bond donors (Lipinski definition) is 0. The predicted molar refractivity (Wildman–Crippen MR) is 129 cm³/mol. The van der Waals surface area contributed by atoms with E-state index in [9.17, 15) is 4.79 Å². The molecule has 0 aliphatic heterocycles. The maximum absolute atomic E-state index is 11.8. The van der Waals surface area contributed by atoms with Gasteiger partial charge in [-0.3, -0.25) is 0 Å². The van der Waals surface area contributed by atoms with Crippen LogP contribution in [0, 0.1) is 0 Å². The second kappa shape index (κ2) is 11.4.